The Labute approximate surface area is 86.7 Å². The third-order valence-corrected chi connectivity index (χ3v) is 3.66. The molecule has 3 nitrogen and oxygen atoms in total. The van der Waals surface area contributed by atoms with Crippen molar-refractivity contribution in [3.05, 3.63) is 28.8 Å². The van der Waals surface area contributed by atoms with Crippen LogP contribution in [0.3, 0.4) is 0 Å². The second-order valence-corrected chi connectivity index (χ2v) is 4.16. The molecule has 0 radical (unpaired) electrons. The van der Waals surface area contributed by atoms with Crippen molar-refractivity contribution in [3.8, 4) is 0 Å². The molecular weight excluding hydrogens is 249 g/mol. The summed E-state index contributed by atoms with van der Waals surface area (Å²) in [6, 6.07) is 1.98. The average molecular weight is 258 g/mol. The first-order chi connectivity index (χ1) is 6.24. The van der Waals surface area contributed by atoms with Crippen molar-refractivity contribution in [2.75, 3.05) is 0 Å². The maximum absolute atomic E-state index is 5.58. The first-order valence-corrected chi connectivity index (χ1v) is 5.20. The van der Waals surface area contributed by atoms with Crippen LogP contribution in [0, 0.1) is 0 Å². The van der Waals surface area contributed by atoms with Crippen molar-refractivity contribution < 1.29 is 0 Å². The maximum atomic E-state index is 5.58. The largest absolute Gasteiger partial charge is 0.325 e. The summed E-state index contributed by atoms with van der Waals surface area (Å²) in [5.41, 5.74) is 7.57. The highest BCUT2D eigenvalue weighted by molar-refractivity contribution is 9.10. The van der Waals surface area contributed by atoms with Gasteiger partial charge in [-0.1, -0.05) is 15.9 Å². The Hall–Kier alpha value is -0.440. The van der Waals surface area contributed by atoms with E-state index in [0.29, 0.717) is 6.54 Å². The van der Waals surface area contributed by atoms with Crippen LogP contribution in [0.5, 0.6) is 0 Å². The Balaban J connectivity index is 2.85. The van der Waals surface area contributed by atoms with Crippen LogP contribution in [0.15, 0.2) is 23.1 Å². The normalized spacial score (nSPS) is 11.0. The number of pyridine rings is 1. The summed E-state index contributed by atoms with van der Waals surface area (Å²) in [7, 11) is 2.69. The summed E-state index contributed by atoms with van der Waals surface area (Å²) < 4.78 is 3.02. The van der Waals surface area contributed by atoms with Gasteiger partial charge in [-0.25, -0.2) is 4.98 Å². The molecule has 2 rings (SSSR count). The molecule has 0 saturated carbocycles. The molecule has 2 aromatic heterocycles. The molecule has 0 spiro atoms. The van der Waals surface area contributed by atoms with Crippen LogP contribution < -0.4 is 11.0 Å². The first-order valence-electron chi connectivity index (χ1n) is 3.83. The monoisotopic (exact) mass is 257 g/mol. The van der Waals surface area contributed by atoms with E-state index in [2.05, 4.69) is 30.2 Å². The molecule has 68 valence electrons. The highest BCUT2D eigenvalue weighted by atomic mass is 79.9. The van der Waals surface area contributed by atoms with Crippen molar-refractivity contribution in [1.29, 1.82) is 0 Å². The van der Waals surface area contributed by atoms with Crippen LogP contribution in [0.1, 0.15) is 5.69 Å². The topological polar surface area (TPSA) is 43.3 Å². The number of nitrogens with zero attached hydrogens (tertiary/aromatic N) is 2. The number of hydrogen-bond acceptors (Lipinski definition) is 2. The molecule has 1 atom stereocenters. The summed E-state index contributed by atoms with van der Waals surface area (Å²) in [5.74, 6) is 0. The van der Waals surface area contributed by atoms with Gasteiger partial charge in [0.1, 0.15) is 0 Å². The molecule has 2 N–H and O–H groups in total. The van der Waals surface area contributed by atoms with Gasteiger partial charge in [-0.05, 0) is 6.07 Å². The zero-order valence-electron chi connectivity index (χ0n) is 6.87. The fourth-order valence-corrected chi connectivity index (χ4v) is 2.02. The van der Waals surface area contributed by atoms with Gasteiger partial charge >= 0.3 is 0 Å². The standard InChI is InChI=1S/C8H9BrN3P/c9-5-1-2-12-4-11-6(3-10)7(12)8(5)13/h1-2,4H,3,10,13H2. The Morgan fingerprint density at radius 1 is 1.62 bits per heavy atom. The molecule has 5 heteroatoms. The van der Waals surface area contributed by atoms with Gasteiger partial charge in [0.25, 0.3) is 0 Å². The maximum Gasteiger partial charge on any atom is 0.0996 e. The van der Waals surface area contributed by atoms with Gasteiger partial charge in [-0.15, -0.1) is 9.24 Å². The van der Waals surface area contributed by atoms with Crippen molar-refractivity contribution in [1.82, 2.24) is 9.38 Å². The number of nitrogens with two attached hydrogens (primary N) is 1. The molecule has 2 aromatic rings. The van der Waals surface area contributed by atoms with E-state index in [1.54, 1.807) is 6.33 Å². The predicted octanol–water partition coefficient (Wildman–Crippen LogP) is 1.06. The molecule has 0 aliphatic rings. The lowest BCUT2D eigenvalue weighted by Crippen LogP contribution is -2.05. The lowest BCUT2D eigenvalue weighted by atomic mass is 10.3. The van der Waals surface area contributed by atoms with E-state index in [1.165, 1.54) is 0 Å². The SMILES string of the molecule is NCc1ncn2ccc(Br)c(P)c12. The quantitative estimate of drug-likeness (QED) is 0.777. The third-order valence-electron chi connectivity index (χ3n) is 1.96. The zero-order chi connectivity index (χ0) is 9.42. The summed E-state index contributed by atoms with van der Waals surface area (Å²) >= 11 is 3.46. The number of aromatic nitrogens is 2. The van der Waals surface area contributed by atoms with Crippen molar-refractivity contribution in [3.63, 3.8) is 0 Å². The number of hydrogen-bond donors (Lipinski definition) is 1. The van der Waals surface area contributed by atoms with Gasteiger partial charge in [-0.2, -0.15) is 0 Å². The van der Waals surface area contributed by atoms with Crippen LogP contribution in [0.25, 0.3) is 5.52 Å². The smallest absolute Gasteiger partial charge is 0.0996 e. The fourth-order valence-electron chi connectivity index (χ4n) is 1.31. The molecule has 2 heterocycles. The Morgan fingerprint density at radius 3 is 3.08 bits per heavy atom. The van der Waals surface area contributed by atoms with Gasteiger partial charge in [-0.3, -0.25) is 0 Å². The third kappa shape index (κ3) is 1.39. The minimum atomic E-state index is 0.467. The molecule has 0 aromatic carbocycles. The molecule has 13 heavy (non-hydrogen) atoms. The van der Waals surface area contributed by atoms with Gasteiger partial charge in [0, 0.05) is 22.5 Å². The van der Waals surface area contributed by atoms with E-state index < -0.39 is 0 Å². The minimum absolute atomic E-state index is 0.467. The summed E-state index contributed by atoms with van der Waals surface area (Å²) in [4.78, 5) is 4.22. The predicted molar refractivity (Wildman–Crippen MR) is 60.1 cm³/mol. The minimum Gasteiger partial charge on any atom is -0.325 e. The highest BCUT2D eigenvalue weighted by Gasteiger charge is 2.07. The molecule has 0 bridgehead atoms. The van der Waals surface area contributed by atoms with Crippen molar-refractivity contribution in [2.24, 2.45) is 5.73 Å². The lowest BCUT2D eigenvalue weighted by molar-refractivity contribution is 1.02. The van der Waals surface area contributed by atoms with E-state index in [0.717, 1.165) is 21.0 Å². The molecular formula is C8H9BrN3P. The van der Waals surface area contributed by atoms with Crippen LogP contribution in [-0.4, -0.2) is 9.38 Å². The summed E-state index contributed by atoms with van der Waals surface area (Å²) in [5, 5.41) is 1.10. The van der Waals surface area contributed by atoms with Crippen LogP contribution >= 0.6 is 25.2 Å². The van der Waals surface area contributed by atoms with Gasteiger partial charge in [0.2, 0.25) is 0 Å². The highest BCUT2D eigenvalue weighted by Crippen LogP contribution is 2.16. The number of halogens is 1. The second-order valence-electron chi connectivity index (χ2n) is 2.73. The van der Waals surface area contributed by atoms with Crippen molar-refractivity contribution in [2.45, 2.75) is 6.54 Å². The molecule has 0 amide bonds. The van der Waals surface area contributed by atoms with E-state index in [4.69, 9.17) is 5.73 Å². The number of fused-ring (bicyclic) bond motifs is 1. The molecule has 1 unspecified atom stereocenters. The average Bonchev–Trinajstić information content (AvgIpc) is 2.55. The Kier molecular flexibility index (Phi) is 2.37. The van der Waals surface area contributed by atoms with Gasteiger partial charge in [0.05, 0.1) is 17.5 Å². The number of imidazole rings is 1. The van der Waals surface area contributed by atoms with Crippen LogP contribution in [0.4, 0.5) is 0 Å². The zero-order valence-corrected chi connectivity index (χ0v) is 9.61. The van der Waals surface area contributed by atoms with E-state index >= 15 is 0 Å². The van der Waals surface area contributed by atoms with E-state index in [-0.39, 0.29) is 0 Å². The molecule has 0 fully saturated rings. The lowest BCUT2D eigenvalue weighted by Gasteiger charge is -2.02. The van der Waals surface area contributed by atoms with E-state index in [1.807, 2.05) is 16.7 Å². The number of rotatable bonds is 1. The van der Waals surface area contributed by atoms with Crippen LogP contribution in [0.2, 0.25) is 0 Å². The van der Waals surface area contributed by atoms with Crippen molar-refractivity contribution >= 4 is 36.0 Å². The molecule has 0 saturated heterocycles. The van der Waals surface area contributed by atoms with Gasteiger partial charge < -0.3 is 10.1 Å². The van der Waals surface area contributed by atoms with Gasteiger partial charge in [0.15, 0.2) is 0 Å². The van der Waals surface area contributed by atoms with Crippen LogP contribution in [-0.2, 0) is 6.54 Å². The fraction of sp³-hybridized carbons (Fsp3) is 0.125. The first kappa shape index (κ1) is 9.13. The summed E-state index contributed by atoms with van der Waals surface area (Å²) in [6.45, 7) is 0.467. The van der Waals surface area contributed by atoms with E-state index in [9.17, 15) is 0 Å². The molecule has 0 aliphatic carbocycles. The Morgan fingerprint density at radius 2 is 2.38 bits per heavy atom. The second kappa shape index (κ2) is 3.37. The molecule has 0 aliphatic heterocycles. The summed E-state index contributed by atoms with van der Waals surface area (Å²) in [6.07, 6.45) is 3.73. The Bertz CT molecular complexity index is 452.